The lowest BCUT2D eigenvalue weighted by Gasteiger charge is -2.33. The van der Waals surface area contributed by atoms with Crippen molar-refractivity contribution >= 4 is 33.3 Å². The molecule has 0 unspecified atom stereocenters. The Balaban J connectivity index is 1.81. The predicted molar refractivity (Wildman–Crippen MR) is 83.6 cm³/mol. The van der Waals surface area contributed by atoms with Crippen molar-refractivity contribution in [3.05, 3.63) is 11.4 Å². The first-order valence-corrected chi connectivity index (χ1v) is 7.83. The van der Waals surface area contributed by atoms with Gasteiger partial charge in [-0.05, 0) is 29.7 Å². The number of aromatic nitrogens is 2. The lowest BCUT2D eigenvalue weighted by molar-refractivity contribution is 0.0300. The van der Waals surface area contributed by atoms with Gasteiger partial charge < -0.3 is 15.4 Å². The third-order valence-corrected chi connectivity index (χ3v) is 4.74. The van der Waals surface area contributed by atoms with Crippen LogP contribution in [0.25, 0.3) is 10.2 Å². The molecule has 0 amide bonds. The fourth-order valence-corrected chi connectivity index (χ4v) is 3.20. The fraction of sp³-hybridized carbons (Fsp3) is 0.571. The topological polar surface area (TPSA) is 59.1 Å². The first kappa shape index (κ1) is 13.6. The van der Waals surface area contributed by atoms with Crippen molar-refractivity contribution in [3.63, 3.8) is 0 Å². The molecule has 0 aromatic carbocycles. The van der Waals surface area contributed by atoms with Crippen molar-refractivity contribution in [1.82, 2.24) is 9.97 Å². The summed E-state index contributed by atoms with van der Waals surface area (Å²) in [5.41, 5.74) is 0.283. The molecule has 3 rings (SSSR count). The van der Waals surface area contributed by atoms with Gasteiger partial charge >= 0.3 is 0 Å². The molecule has 20 heavy (non-hydrogen) atoms. The lowest BCUT2D eigenvalue weighted by Crippen LogP contribution is -2.33. The highest BCUT2D eigenvalue weighted by molar-refractivity contribution is 7.16. The molecule has 108 valence electrons. The van der Waals surface area contributed by atoms with Crippen molar-refractivity contribution in [1.29, 1.82) is 0 Å². The molecule has 1 aliphatic heterocycles. The number of fused-ring (bicyclic) bond motifs is 1. The Kier molecular flexibility index (Phi) is 3.76. The number of anilines is 2. The number of nitrogens with zero attached hydrogens (tertiary/aromatic N) is 2. The normalized spacial score (nSPS) is 18.1. The molecule has 2 aromatic heterocycles. The molecule has 1 saturated heterocycles. The van der Waals surface area contributed by atoms with E-state index in [0.29, 0.717) is 5.95 Å². The van der Waals surface area contributed by atoms with Gasteiger partial charge in [0.15, 0.2) is 0 Å². The Morgan fingerprint density at radius 3 is 2.90 bits per heavy atom. The average molecular weight is 292 g/mol. The molecule has 6 heteroatoms. The summed E-state index contributed by atoms with van der Waals surface area (Å²) < 4.78 is 5.45. The Hall–Kier alpha value is -1.40. The molecule has 0 saturated carbocycles. The van der Waals surface area contributed by atoms with Gasteiger partial charge in [-0.2, -0.15) is 4.98 Å². The van der Waals surface area contributed by atoms with Gasteiger partial charge in [-0.25, -0.2) is 4.98 Å². The maximum atomic E-state index is 5.45. The number of ether oxygens (including phenoxy) is 1. The van der Waals surface area contributed by atoms with Crippen molar-refractivity contribution in [2.75, 3.05) is 37.4 Å². The van der Waals surface area contributed by atoms with Gasteiger partial charge in [0.25, 0.3) is 0 Å². The van der Waals surface area contributed by atoms with E-state index in [4.69, 9.17) is 4.74 Å². The third-order valence-electron chi connectivity index (χ3n) is 3.93. The smallest absolute Gasteiger partial charge is 0.225 e. The van der Waals surface area contributed by atoms with Crippen LogP contribution in [-0.2, 0) is 4.74 Å². The maximum absolute atomic E-state index is 5.45. The summed E-state index contributed by atoms with van der Waals surface area (Å²) in [6.07, 6.45) is 2.19. The highest BCUT2D eigenvalue weighted by Gasteiger charge is 2.27. The van der Waals surface area contributed by atoms with E-state index in [1.165, 1.54) is 0 Å². The molecule has 5 nitrogen and oxygen atoms in total. The summed E-state index contributed by atoms with van der Waals surface area (Å²) in [7, 11) is 1.85. The zero-order valence-corrected chi connectivity index (χ0v) is 12.7. The second-order valence-electron chi connectivity index (χ2n) is 5.56. The number of hydrogen-bond acceptors (Lipinski definition) is 6. The van der Waals surface area contributed by atoms with E-state index in [0.717, 1.165) is 48.6 Å². The molecule has 2 aromatic rings. The molecular formula is C14H20N4OS. The Morgan fingerprint density at radius 2 is 2.15 bits per heavy atom. The summed E-state index contributed by atoms with van der Waals surface area (Å²) in [5, 5.41) is 9.70. The monoisotopic (exact) mass is 292 g/mol. The number of thiophene rings is 1. The SMILES string of the molecule is CNc1nc(NCC2(C)CCOCC2)c2ccsc2n1. The lowest BCUT2D eigenvalue weighted by atomic mass is 9.82. The van der Waals surface area contributed by atoms with Crippen LogP contribution in [-0.4, -0.2) is 36.8 Å². The maximum Gasteiger partial charge on any atom is 0.225 e. The van der Waals surface area contributed by atoms with Crippen LogP contribution < -0.4 is 10.6 Å². The zero-order valence-electron chi connectivity index (χ0n) is 11.9. The highest BCUT2D eigenvalue weighted by atomic mass is 32.1. The first-order valence-electron chi connectivity index (χ1n) is 6.95. The zero-order chi connectivity index (χ0) is 14.0. The van der Waals surface area contributed by atoms with Gasteiger partial charge in [-0.15, -0.1) is 11.3 Å². The van der Waals surface area contributed by atoms with Crippen LogP contribution in [0.4, 0.5) is 11.8 Å². The fourth-order valence-electron chi connectivity index (χ4n) is 2.44. The van der Waals surface area contributed by atoms with Crippen LogP contribution in [0.2, 0.25) is 0 Å². The first-order chi connectivity index (χ1) is 9.70. The molecule has 0 radical (unpaired) electrons. The molecule has 3 heterocycles. The van der Waals surface area contributed by atoms with Crippen molar-refractivity contribution in [2.45, 2.75) is 19.8 Å². The molecule has 0 atom stereocenters. The predicted octanol–water partition coefficient (Wildman–Crippen LogP) is 2.96. The third kappa shape index (κ3) is 2.71. The summed E-state index contributed by atoms with van der Waals surface area (Å²) >= 11 is 1.64. The van der Waals surface area contributed by atoms with Crippen molar-refractivity contribution in [3.8, 4) is 0 Å². The van der Waals surface area contributed by atoms with Gasteiger partial charge in [0.2, 0.25) is 5.95 Å². The highest BCUT2D eigenvalue weighted by Crippen LogP contribution is 2.32. The van der Waals surface area contributed by atoms with Crippen LogP contribution in [0.3, 0.4) is 0 Å². The second kappa shape index (κ2) is 5.54. The van der Waals surface area contributed by atoms with E-state index in [1.807, 2.05) is 7.05 Å². The van der Waals surface area contributed by atoms with Gasteiger partial charge in [0.05, 0.1) is 5.39 Å². The quantitative estimate of drug-likeness (QED) is 0.907. The summed E-state index contributed by atoms with van der Waals surface area (Å²) in [4.78, 5) is 10.0. The molecule has 1 aliphatic rings. The summed E-state index contributed by atoms with van der Waals surface area (Å²) in [6.45, 7) is 4.95. The molecule has 0 spiro atoms. The molecule has 0 aliphatic carbocycles. The van der Waals surface area contributed by atoms with Gasteiger partial charge in [0.1, 0.15) is 10.6 Å². The molecule has 1 fully saturated rings. The molecule has 2 N–H and O–H groups in total. The van der Waals surface area contributed by atoms with Crippen molar-refractivity contribution < 1.29 is 4.74 Å². The minimum Gasteiger partial charge on any atom is -0.381 e. The minimum atomic E-state index is 0.283. The van der Waals surface area contributed by atoms with Gasteiger partial charge in [-0.3, -0.25) is 0 Å². The van der Waals surface area contributed by atoms with E-state index < -0.39 is 0 Å². The van der Waals surface area contributed by atoms with Crippen molar-refractivity contribution in [2.24, 2.45) is 5.41 Å². The van der Waals surface area contributed by atoms with Crippen LogP contribution in [0.5, 0.6) is 0 Å². The van der Waals surface area contributed by atoms with Gasteiger partial charge in [0, 0.05) is 26.8 Å². The minimum absolute atomic E-state index is 0.283. The van der Waals surface area contributed by atoms with Crippen LogP contribution >= 0.6 is 11.3 Å². The van der Waals surface area contributed by atoms with E-state index in [-0.39, 0.29) is 5.41 Å². The summed E-state index contributed by atoms with van der Waals surface area (Å²) in [5.74, 6) is 1.59. The number of hydrogen-bond donors (Lipinski definition) is 2. The van der Waals surface area contributed by atoms with E-state index in [1.54, 1.807) is 11.3 Å². The van der Waals surface area contributed by atoms with Crippen LogP contribution in [0, 0.1) is 5.41 Å². The van der Waals surface area contributed by atoms with E-state index in [9.17, 15) is 0 Å². The number of rotatable bonds is 4. The standard InChI is InChI=1S/C14H20N4OS/c1-14(4-6-19-7-5-14)9-16-11-10-3-8-20-12(10)18-13(15-2)17-11/h3,8H,4-7,9H2,1-2H3,(H2,15,16,17,18). The van der Waals surface area contributed by atoms with E-state index in [2.05, 4.69) is 39.0 Å². The molecule has 0 bridgehead atoms. The van der Waals surface area contributed by atoms with Crippen LogP contribution in [0.15, 0.2) is 11.4 Å². The Bertz CT molecular complexity index is 592. The Morgan fingerprint density at radius 1 is 1.35 bits per heavy atom. The van der Waals surface area contributed by atoms with Crippen LogP contribution in [0.1, 0.15) is 19.8 Å². The number of nitrogens with one attached hydrogen (secondary N) is 2. The largest absolute Gasteiger partial charge is 0.381 e. The molecular weight excluding hydrogens is 272 g/mol. The average Bonchev–Trinajstić information content (AvgIpc) is 2.93. The summed E-state index contributed by atoms with van der Waals surface area (Å²) in [6, 6.07) is 2.08. The van der Waals surface area contributed by atoms with Gasteiger partial charge in [-0.1, -0.05) is 6.92 Å². The van der Waals surface area contributed by atoms with E-state index >= 15 is 0 Å². The second-order valence-corrected chi connectivity index (χ2v) is 6.46. The Labute approximate surface area is 122 Å².